The van der Waals surface area contributed by atoms with Crippen LogP contribution in [0, 0.1) is 0 Å². The van der Waals surface area contributed by atoms with Gasteiger partial charge in [0.05, 0.1) is 11.4 Å². The number of nitrogens with zero attached hydrogens (tertiary/aromatic N) is 2. The molecule has 5 nitrogen and oxygen atoms in total. The van der Waals surface area contributed by atoms with E-state index in [9.17, 15) is 4.79 Å². The minimum atomic E-state index is -0.422. The van der Waals surface area contributed by atoms with Gasteiger partial charge in [0.1, 0.15) is 0 Å². The number of primary amides is 1. The molecule has 0 atom stereocenters. The van der Waals surface area contributed by atoms with Crippen molar-refractivity contribution in [3.63, 3.8) is 0 Å². The van der Waals surface area contributed by atoms with E-state index in [1.807, 2.05) is 0 Å². The molecule has 0 spiro atoms. The van der Waals surface area contributed by atoms with Crippen LogP contribution >= 0.6 is 0 Å². The molecule has 0 unspecified atom stereocenters. The van der Waals surface area contributed by atoms with Crippen LogP contribution in [0.15, 0.2) is 18.2 Å². The number of amides is 1. The zero-order valence-corrected chi connectivity index (χ0v) is 11.8. The van der Waals surface area contributed by atoms with Gasteiger partial charge in [-0.25, -0.2) is 0 Å². The van der Waals surface area contributed by atoms with Crippen molar-refractivity contribution in [3.8, 4) is 0 Å². The number of likely N-dealkylation sites (N-methyl/N-ethyl adjacent to an activating group) is 1. The minimum Gasteiger partial charge on any atom is -0.397 e. The maximum absolute atomic E-state index is 11.3. The fraction of sp³-hybridized carbons (Fsp3) is 0.500. The van der Waals surface area contributed by atoms with Gasteiger partial charge in [0.25, 0.3) is 0 Å². The van der Waals surface area contributed by atoms with Gasteiger partial charge in [0.2, 0.25) is 5.91 Å². The van der Waals surface area contributed by atoms with Crippen LogP contribution in [0.1, 0.15) is 24.2 Å². The van der Waals surface area contributed by atoms with E-state index in [1.165, 1.54) is 0 Å². The Balaban J connectivity index is 2.31. The summed E-state index contributed by atoms with van der Waals surface area (Å²) < 4.78 is 0. The lowest BCUT2D eigenvalue weighted by molar-refractivity contribution is 0.100. The Hall–Kier alpha value is -1.75. The van der Waals surface area contributed by atoms with E-state index >= 15 is 0 Å². The van der Waals surface area contributed by atoms with Gasteiger partial charge in [-0.2, -0.15) is 0 Å². The molecule has 104 valence electrons. The van der Waals surface area contributed by atoms with E-state index in [2.05, 4.69) is 30.7 Å². The van der Waals surface area contributed by atoms with Gasteiger partial charge in [0.15, 0.2) is 0 Å². The summed E-state index contributed by atoms with van der Waals surface area (Å²) in [4.78, 5) is 15.8. The number of nitrogens with two attached hydrogens (primary N) is 2. The Bertz CT molecular complexity index is 498. The smallest absolute Gasteiger partial charge is 0.248 e. The van der Waals surface area contributed by atoms with E-state index in [-0.39, 0.29) is 5.54 Å². The summed E-state index contributed by atoms with van der Waals surface area (Å²) in [6.07, 6.45) is 0. The molecule has 5 heteroatoms. The highest BCUT2D eigenvalue weighted by Crippen LogP contribution is 2.29. The number of carbonyl (C=O) groups is 1. The van der Waals surface area contributed by atoms with Gasteiger partial charge in [0, 0.05) is 30.7 Å². The van der Waals surface area contributed by atoms with Crippen LogP contribution < -0.4 is 16.4 Å². The van der Waals surface area contributed by atoms with Gasteiger partial charge in [-0.1, -0.05) is 0 Å². The highest BCUT2D eigenvalue weighted by atomic mass is 16.1. The number of hydrogen-bond donors (Lipinski definition) is 2. The van der Waals surface area contributed by atoms with Gasteiger partial charge in [-0.3, -0.25) is 9.69 Å². The molecule has 1 heterocycles. The fourth-order valence-electron chi connectivity index (χ4n) is 2.42. The first-order chi connectivity index (χ1) is 8.81. The van der Waals surface area contributed by atoms with Crippen LogP contribution in [-0.4, -0.2) is 43.0 Å². The Morgan fingerprint density at radius 1 is 1.32 bits per heavy atom. The molecule has 1 aliphatic heterocycles. The van der Waals surface area contributed by atoms with Crippen molar-refractivity contribution in [1.82, 2.24) is 4.90 Å². The first-order valence-electron chi connectivity index (χ1n) is 6.47. The number of hydrogen-bond acceptors (Lipinski definition) is 4. The van der Waals surface area contributed by atoms with Crippen molar-refractivity contribution in [2.24, 2.45) is 5.73 Å². The third-order valence-corrected chi connectivity index (χ3v) is 3.97. The van der Waals surface area contributed by atoms with Crippen LogP contribution in [0.25, 0.3) is 0 Å². The molecule has 2 rings (SSSR count). The molecule has 1 saturated heterocycles. The fourth-order valence-corrected chi connectivity index (χ4v) is 2.42. The standard InChI is InChI=1S/C14H22N4O/c1-14(2)9-18(7-6-17(14)3)12-8-10(13(16)19)4-5-11(12)15/h4-5,8H,6-7,9,15H2,1-3H3,(H2,16,19). The molecule has 1 amide bonds. The molecule has 1 fully saturated rings. The van der Waals surface area contributed by atoms with Crippen LogP contribution in [0.2, 0.25) is 0 Å². The molecule has 19 heavy (non-hydrogen) atoms. The lowest BCUT2D eigenvalue weighted by atomic mass is 9.98. The first-order valence-corrected chi connectivity index (χ1v) is 6.47. The summed E-state index contributed by atoms with van der Waals surface area (Å²) in [5.41, 5.74) is 13.5. The average Bonchev–Trinajstić information content (AvgIpc) is 2.33. The summed E-state index contributed by atoms with van der Waals surface area (Å²) in [5, 5.41) is 0. The van der Waals surface area contributed by atoms with Crippen molar-refractivity contribution in [3.05, 3.63) is 23.8 Å². The zero-order chi connectivity index (χ0) is 14.2. The molecule has 0 saturated carbocycles. The second-order valence-corrected chi connectivity index (χ2v) is 5.79. The maximum Gasteiger partial charge on any atom is 0.248 e. The quantitative estimate of drug-likeness (QED) is 0.776. The predicted molar refractivity (Wildman–Crippen MR) is 78.3 cm³/mol. The van der Waals surface area contributed by atoms with E-state index < -0.39 is 5.91 Å². The second kappa shape index (κ2) is 4.74. The summed E-state index contributed by atoms with van der Waals surface area (Å²) in [7, 11) is 2.13. The largest absolute Gasteiger partial charge is 0.397 e. The zero-order valence-electron chi connectivity index (χ0n) is 11.8. The molecule has 0 bridgehead atoms. The van der Waals surface area contributed by atoms with E-state index in [4.69, 9.17) is 11.5 Å². The molecule has 1 aromatic rings. The molecular formula is C14H22N4O. The summed E-state index contributed by atoms with van der Waals surface area (Å²) in [6, 6.07) is 5.21. The van der Waals surface area contributed by atoms with Crippen LogP contribution in [0.3, 0.4) is 0 Å². The molecule has 1 aliphatic rings. The van der Waals surface area contributed by atoms with Crippen LogP contribution in [0.5, 0.6) is 0 Å². The van der Waals surface area contributed by atoms with Crippen LogP contribution in [0.4, 0.5) is 11.4 Å². The molecule has 4 N–H and O–H groups in total. The Morgan fingerprint density at radius 2 is 2.00 bits per heavy atom. The second-order valence-electron chi connectivity index (χ2n) is 5.79. The monoisotopic (exact) mass is 262 g/mol. The maximum atomic E-state index is 11.3. The Kier molecular flexibility index (Phi) is 3.41. The van der Waals surface area contributed by atoms with Gasteiger partial charge < -0.3 is 16.4 Å². The van der Waals surface area contributed by atoms with Crippen molar-refractivity contribution in [2.75, 3.05) is 37.3 Å². The Morgan fingerprint density at radius 3 is 2.58 bits per heavy atom. The topological polar surface area (TPSA) is 75.6 Å². The predicted octanol–water partition coefficient (Wildman–Crippen LogP) is 0.898. The number of rotatable bonds is 2. The molecule has 1 aromatic carbocycles. The molecular weight excluding hydrogens is 240 g/mol. The first kappa shape index (κ1) is 13.7. The van der Waals surface area contributed by atoms with E-state index in [1.54, 1.807) is 18.2 Å². The summed E-state index contributed by atoms with van der Waals surface area (Å²) in [6.45, 7) is 7.13. The highest BCUT2D eigenvalue weighted by molar-refractivity contribution is 5.95. The third kappa shape index (κ3) is 2.66. The van der Waals surface area contributed by atoms with Gasteiger partial charge in [-0.15, -0.1) is 0 Å². The third-order valence-electron chi connectivity index (χ3n) is 3.97. The average molecular weight is 262 g/mol. The van der Waals surface area contributed by atoms with Gasteiger partial charge >= 0.3 is 0 Å². The Labute approximate surface area is 114 Å². The van der Waals surface area contributed by atoms with Crippen LogP contribution in [-0.2, 0) is 0 Å². The molecule has 0 radical (unpaired) electrons. The van der Waals surface area contributed by atoms with Crippen molar-refractivity contribution < 1.29 is 4.79 Å². The van der Waals surface area contributed by atoms with E-state index in [0.29, 0.717) is 11.3 Å². The van der Waals surface area contributed by atoms with Crippen molar-refractivity contribution >= 4 is 17.3 Å². The number of benzene rings is 1. The number of anilines is 2. The lowest BCUT2D eigenvalue weighted by Crippen LogP contribution is -2.57. The molecule has 0 aromatic heterocycles. The number of carbonyl (C=O) groups excluding carboxylic acids is 1. The van der Waals surface area contributed by atoms with E-state index in [0.717, 1.165) is 25.3 Å². The highest BCUT2D eigenvalue weighted by Gasteiger charge is 2.31. The normalized spacial score (nSPS) is 19.4. The van der Waals surface area contributed by atoms with Gasteiger partial charge in [-0.05, 0) is 39.1 Å². The summed E-state index contributed by atoms with van der Waals surface area (Å²) >= 11 is 0. The van der Waals surface area contributed by atoms with Crippen molar-refractivity contribution in [2.45, 2.75) is 19.4 Å². The number of piperazine rings is 1. The summed E-state index contributed by atoms with van der Waals surface area (Å²) in [5.74, 6) is -0.422. The van der Waals surface area contributed by atoms with Crippen molar-refractivity contribution in [1.29, 1.82) is 0 Å². The number of nitrogen functional groups attached to an aromatic ring is 1. The minimum absolute atomic E-state index is 0.0768. The lowest BCUT2D eigenvalue weighted by Gasteiger charge is -2.46. The SMILES string of the molecule is CN1CCN(c2cc(C(N)=O)ccc2N)CC1(C)C. The molecule has 0 aliphatic carbocycles.